The predicted molar refractivity (Wildman–Crippen MR) is 65.0 cm³/mol. The van der Waals surface area contributed by atoms with Crippen LogP contribution in [0.4, 0.5) is 0 Å². The first-order valence-corrected chi connectivity index (χ1v) is 5.43. The first-order chi connectivity index (χ1) is 7.41. The molecule has 88 valence electrons. The molecule has 0 aliphatic rings. The maximum absolute atomic E-state index is 11.6. The van der Waals surface area contributed by atoms with Gasteiger partial charge in [-0.1, -0.05) is 17.7 Å². The van der Waals surface area contributed by atoms with Crippen LogP contribution in [0.5, 0.6) is 5.75 Å². The minimum absolute atomic E-state index is 0.0700. The molecule has 0 spiro atoms. The Bertz CT molecular complexity index is 391. The molecular weight excluding hydrogens is 226 g/mol. The Kier molecular flexibility index (Phi) is 4.19. The highest BCUT2D eigenvalue weighted by molar-refractivity contribution is 6.30. The number of amides is 1. The van der Waals surface area contributed by atoms with Crippen molar-refractivity contribution in [3.63, 3.8) is 0 Å². The second-order valence-electron chi connectivity index (χ2n) is 3.90. The van der Waals surface area contributed by atoms with Gasteiger partial charge in [0.05, 0.1) is 0 Å². The van der Waals surface area contributed by atoms with Crippen LogP contribution in [0.1, 0.15) is 12.5 Å². The molecule has 16 heavy (non-hydrogen) atoms. The molecule has 0 fully saturated rings. The van der Waals surface area contributed by atoms with Crippen LogP contribution in [0.3, 0.4) is 0 Å². The minimum Gasteiger partial charge on any atom is -0.481 e. The SMILES string of the molecule is Cc1ccc(Cl)cc1OC(C)C(=O)N(C)C. The standard InChI is InChI=1S/C12H16ClNO2/c1-8-5-6-10(13)7-11(8)16-9(2)12(15)14(3)4/h5-7,9H,1-4H3. The van der Waals surface area contributed by atoms with Crippen LogP contribution in [-0.2, 0) is 4.79 Å². The van der Waals surface area contributed by atoms with Gasteiger partial charge in [0.25, 0.3) is 5.91 Å². The molecule has 1 aromatic rings. The Morgan fingerprint density at radius 2 is 2.06 bits per heavy atom. The number of hydrogen-bond donors (Lipinski definition) is 0. The molecule has 0 aliphatic heterocycles. The van der Waals surface area contributed by atoms with E-state index in [9.17, 15) is 4.79 Å². The number of carbonyl (C=O) groups is 1. The summed E-state index contributed by atoms with van der Waals surface area (Å²) in [6.07, 6.45) is -0.507. The smallest absolute Gasteiger partial charge is 0.262 e. The fourth-order valence-corrected chi connectivity index (χ4v) is 1.47. The van der Waals surface area contributed by atoms with Gasteiger partial charge in [0.2, 0.25) is 0 Å². The Hall–Kier alpha value is -1.22. The average Bonchev–Trinajstić information content (AvgIpc) is 2.22. The number of likely N-dealkylation sites (N-methyl/N-ethyl adjacent to an activating group) is 1. The van der Waals surface area contributed by atoms with E-state index in [1.54, 1.807) is 33.2 Å². The first-order valence-electron chi connectivity index (χ1n) is 5.06. The fraction of sp³-hybridized carbons (Fsp3) is 0.417. The summed E-state index contributed by atoms with van der Waals surface area (Å²) in [5, 5.41) is 0.602. The molecule has 0 heterocycles. The van der Waals surface area contributed by atoms with E-state index in [0.717, 1.165) is 5.56 Å². The number of nitrogens with zero attached hydrogens (tertiary/aromatic N) is 1. The molecular formula is C12H16ClNO2. The van der Waals surface area contributed by atoms with E-state index in [2.05, 4.69) is 0 Å². The molecule has 0 aromatic heterocycles. The lowest BCUT2D eigenvalue weighted by atomic mass is 10.2. The summed E-state index contributed by atoms with van der Waals surface area (Å²) in [5.74, 6) is 0.578. The molecule has 0 saturated heterocycles. The van der Waals surface area contributed by atoms with Gasteiger partial charge in [0.15, 0.2) is 6.10 Å². The van der Waals surface area contributed by atoms with Crippen molar-refractivity contribution >= 4 is 17.5 Å². The molecule has 1 amide bonds. The molecule has 0 saturated carbocycles. The molecule has 0 bridgehead atoms. The molecule has 1 unspecified atom stereocenters. The van der Waals surface area contributed by atoms with Crippen molar-refractivity contribution in [2.24, 2.45) is 0 Å². The third-order valence-electron chi connectivity index (χ3n) is 2.24. The maximum atomic E-state index is 11.6. The number of ether oxygens (including phenoxy) is 1. The van der Waals surface area contributed by atoms with Crippen LogP contribution in [0, 0.1) is 6.92 Å². The lowest BCUT2D eigenvalue weighted by Gasteiger charge is -2.19. The topological polar surface area (TPSA) is 29.5 Å². The van der Waals surface area contributed by atoms with E-state index in [-0.39, 0.29) is 5.91 Å². The zero-order valence-corrected chi connectivity index (χ0v) is 10.7. The summed E-state index contributed by atoms with van der Waals surface area (Å²) in [7, 11) is 3.40. The lowest BCUT2D eigenvalue weighted by Crippen LogP contribution is -2.35. The highest BCUT2D eigenvalue weighted by Crippen LogP contribution is 2.23. The van der Waals surface area contributed by atoms with Gasteiger partial charge in [-0.05, 0) is 31.5 Å². The summed E-state index contributed by atoms with van der Waals surface area (Å²) in [6.45, 7) is 3.64. The van der Waals surface area contributed by atoms with Crippen molar-refractivity contribution < 1.29 is 9.53 Å². The van der Waals surface area contributed by atoms with Crippen LogP contribution in [0.2, 0.25) is 5.02 Å². The van der Waals surface area contributed by atoms with Crippen molar-refractivity contribution in [2.75, 3.05) is 14.1 Å². The van der Waals surface area contributed by atoms with Crippen molar-refractivity contribution in [1.29, 1.82) is 0 Å². The summed E-state index contributed by atoms with van der Waals surface area (Å²) < 4.78 is 5.57. The van der Waals surface area contributed by atoms with Crippen molar-refractivity contribution in [3.8, 4) is 5.75 Å². The maximum Gasteiger partial charge on any atom is 0.262 e. The third-order valence-corrected chi connectivity index (χ3v) is 2.48. The molecule has 0 N–H and O–H groups in total. The highest BCUT2D eigenvalue weighted by Gasteiger charge is 2.17. The largest absolute Gasteiger partial charge is 0.481 e. The molecule has 1 aromatic carbocycles. The minimum atomic E-state index is -0.507. The second kappa shape index (κ2) is 5.21. The zero-order chi connectivity index (χ0) is 12.3. The van der Waals surface area contributed by atoms with E-state index in [1.807, 2.05) is 13.0 Å². The van der Waals surface area contributed by atoms with Gasteiger partial charge < -0.3 is 9.64 Å². The number of aryl methyl sites for hydroxylation is 1. The predicted octanol–water partition coefficient (Wildman–Crippen LogP) is 2.50. The summed E-state index contributed by atoms with van der Waals surface area (Å²) >= 11 is 5.87. The van der Waals surface area contributed by atoms with Crippen molar-refractivity contribution in [1.82, 2.24) is 4.90 Å². The van der Waals surface area contributed by atoms with E-state index in [1.165, 1.54) is 4.90 Å². The van der Waals surface area contributed by atoms with Crippen LogP contribution < -0.4 is 4.74 Å². The molecule has 3 nitrogen and oxygen atoms in total. The Morgan fingerprint density at radius 1 is 1.44 bits per heavy atom. The van der Waals surface area contributed by atoms with Gasteiger partial charge in [0.1, 0.15) is 5.75 Å². The highest BCUT2D eigenvalue weighted by atomic mass is 35.5. The van der Waals surface area contributed by atoms with Crippen molar-refractivity contribution in [2.45, 2.75) is 20.0 Å². The van der Waals surface area contributed by atoms with Gasteiger partial charge in [-0.3, -0.25) is 4.79 Å². The number of carbonyl (C=O) groups excluding carboxylic acids is 1. The van der Waals surface area contributed by atoms with Gasteiger partial charge >= 0.3 is 0 Å². The Labute approximate surface area is 101 Å². The summed E-state index contributed by atoms with van der Waals surface area (Å²) in [6, 6.07) is 5.38. The van der Waals surface area contributed by atoms with Crippen LogP contribution in [0.15, 0.2) is 18.2 Å². The second-order valence-corrected chi connectivity index (χ2v) is 4.34. The van der Waals surface area contributed by atoms with E-state index < -0.39 is 6.10 Å². The van der Waals surface area contributed by atoms with E-state index in [0.29, 0.717) is 10.8 Å². The lowest BCUT2D eigenvalue weighted by molar-refractivity contribution is -0.135. The molecule has 0 aliphatic carbocycles. The number of halogens is 1. The molecule has 0 radical (unpaired) electrons. The average molecular weight is 242 g/mol. The van der Waals surface area contributed by atoms with Crippen LogP contribution in [-0.4, -0.2) is 31.0 Å². The quantitative estimate of drug-likeness (QED) is 0.814. The van der Waals surface area contributed by atoms with Crippen LogP contribution in [0.25, 0.3) is 0 Å². The van der Waals surface area contributed by atoms with Gasteiger partial charge in [0, 0.05) is 19.1 Å². The number of benzene rings is 1. The van der Waals surface area contributed by atoms with Crippen molar-refractivity contribution in [3.05, 3.63) is 28.8 Å². The molecule has 1 rings (SSSR count). The molecule has 4 heteroatoms. The zero-order valence-electron chi connectivity index (χ0n) is 9.95. The van der Waals surface area contributed by atoms with Gasteiger partial charge in [-0.25, -0.2) is 0 Å². The van der Waals surface area contributed by atoms with E-state index >= 15 is 0 Å². The Morgan fingerprint density at radius 3 is 2.62 bits per heavy atom. The normalized spacial score (nSPS) is 12.1. The molecule has 1 atom stereocenters. The number of hydrogen-bond acceptors (Lipinski definition) is 2. The van der Waals surface area contributed by atoms with Gasteiger partial charge in [-0.2, -0.15) is 0 Å². The van der Waals surface area contributed by atoms with Gasteiger partial charge in [-0.15, -0.1) is 0 Å². The summed E-state index contributed by atoms with van der Waals surface area (Å²) in [5.41, 5.74) is 0.961. The third kappa shape index (κ3) is 3.14. The summed E-state index contributed by atoms with van der Waals surface area (Å²) in [4.78, 5) is 13.1. The monoisotopic (exact) mass is 241 g/mol. The fourth-order valence-electron chi connectivity index (χ4n) is 1.31. The Balaban J connectivity index is 2.80. The van der Waals surface area contributed by atoms with E-state index in [4.69, 9.17) is 16.3 Å². The number of rotatable bonds is 3. The van der Waals surface area contributed by atoms with Crippen LogP contribution >= 0.6 is 11.6 Å². The first kappa shape index (κ1) is 12.8.